The predicted molar refractivity (Wildman–Crippen MR) is 148 cm³/mol. The maximum Gasteiger partial charge on any atom is 0.322 e. The molecule has 4 rings (SSSR count). The quantitative estimate of drug-likeness (QED) is 0.294. The Morgan fingerprint density at radius 1 is 0.974 bits per heavy atom. The van der Waals surface area contributed by atoms with Crippen LogP contribution in [0.15, 0.2) is 36.4 Å². The number of aromatic nitrogens is 3. The molecule has 0 amide bonds. The number of hydrogen-bond acceptors (Lipinski definition) is 10. The summed E-state index contributed by atoms with van der Waals surface area (Å²) >= 11 is 0. The molecule has 3 N–H and O–H groups in total. The highest BCUT2D eigenvalue weighted by Gasteiger charge is 2.22. The Morgan fingerprint density at radius 2 is 1.62 bits per heavy atom. The lowest BCUT2D eigenvalue weighted by molar-refractivity contribution is 0.210. The number of ether oxygens (including phenoxy) is 3. The zero-order chi connectivity index (χ0) is 27.6. The average molecular weight is 541 g/mol. The molecule has 1 aliphatic rings. The fourth-order valence-corrected chi connectivity index (χ4v) is 4.61. The molecule has 11 heteroatoms. The number of nitrogens with one attached hydrogen (secondary N) is 2. The SMILES string of the molecule is CCOc1cc(CN2CCC(Nc3nc(NCCO)nc(OC)n3)CC2)cc(OCC)c1-c1ccc(F)cc1. The minimum absolute atomic E-state index is 0.0255. The van der Waals surface area contributed by atoms with Crippen LogP contribution in [0.25, 0.3) is 11.1 Å². The van der Waals surface area contributed by atoms with E-state index in [-0.39, 0.29) is 24.5 Å². The van der Waals surface area contributed by atoms with Crippen molar-refractivity contribution in [1.82, 2.24) is 19.9 Å². The molecular weight excluding hydrogens is 503 g/mol. The van der Waals surface area contributed by atoms with Crippen molar-refractivity contribution in [2.45, 2.75) is 39.3 Å². The lowest BCUT2D eigenvalue weighted by Crippen LogP contribution is -2.39. The number of piperidine rings is 1. The number of methoxy groups -OCH3 is 1. The molecule has 1 fully saturated rings. The summed E-state index contributed by atoms with van der Waals surface area (Å²) in [6.07, 6.45) is 1.83. The van der Waals surface area contributed by atoms with E-state index >= 15 is 0 Å². The molecule has 0 radical (unpaired) electrons. The van der Waals surface area contributed by atoms with E-state index in [1.807, 2.05) is 13.8 Å². The van der Waals surface area contributed by atoms with E-state index < -0.39 is 0 Å². The largest absolute Gasteiger partial charge is 0.493 e. The maximum absolute atomic E-state index is 13.6. The van der Waals surface area contributed by atoms with Gasteiger partial charge in [-0.2, -0.15) is 15.0 Å². The van der Waals surface area contributed by atoms with Crippen LogP contribution < -0.4 is 24.8 Å². The molecule has 0 aliphatic carbocycles. The summed E-state index contributed by atoms with van der Waals surface area (Å²) < 4.78 is 30.8. The summed E-state index contributed by atoms with van der Waals surface area (Å²) in [5, 5.41) is 15.4. The minimum Gasteiger partial charge on any atom is -0.493 e. The monoisotopic (exact) mass is 540 g/mol. The van der Waals surface area contributed by atoms with Crippen LogP contribution in [-0.2, 0) is 6.54 Å². The first-order valence-electron chi connectivity index (χ1n) is 13.3. The van der Waals surface area contributed by atoms with Gasteiger partial charge in [-0.05, 0) is 62.1 Å². The van der Waals surface area contributed by atoms with E-state index in [0.717, 1.165) is 60.7 Å². The van der Waals surface area contributed by atoms with Crippen LogP contribution in [0.2, 0.25) is 0 Å². The van der Waals surface area contributed by atoms with Crippen LogP contribution in [0.4, 0.5) is 16.3 Å². The van der Waals surface area contributed by atoms with Gasteiger partial charge in [-0.25, -0.2) is 4.39 Å². The van der Waals surface area contributed by atoms with Gasteiger partial charge in [-0.1, -0.05) is 12.1 Å². The number of benzene rings is 2. The molecule has 0 unspecified atom stereocenters. The molecule has 39 heavy (non-hydrogen) atoms. The van der Waals surface area contributed by atoms with Gasteiger partial charge in [0.1, 0.15) is 17.3 Å². The predicted octanol–water partition coefficient (Wildman–Crippen LogP) is 3.96. The first-order chi connectivity index (χ1) is 19.0. The molecule has 2 heterocycles. The summed E-state index contributed by atoms with van der Waals surface area (Å²) in [5.74, 6) is 1.99. The average Bonchev–Trinajstić information content (AvgIpc) is 2.94. The van der Waals surface area contributed by atoms with Crippen molar-refractivity contribution in [3.63, 3.8) is 0 Å². The third-order valence-corrected chi connectivity index (χ3v) is 6.38. The Morgan fingerprint density at radius 3 is 2.21 bits per heavy atom. The van der Waals surface area contributed by atoms with Gasteiger partial charge in [-0.3, -0.25) is 4.90 Å². The van der Waals surface area contributed by atoms with Gasteiger partial charge < -0.3 is 30.0 Å². The second-order valence-electron chi connectivity index (χ2n) is 9.15. The van der Waals surface area contributed by atoms with Crippen molar-refractivity contribution in [2.75, 3.05) is 57.2 Å². The summed E-state index contributed by atoms with van der Waals surface area (Å²) in [5.41, 5.74) is 2.79. The smallest absolute Gasteiger partial charge is 0.322 e. The van der Waals surface area contributed by atoms with E-state index in [2.05, 4.69) is 42.6 Å². The highest BCUT2D eigenvalue weighted by atomic mass is 19.1. The molecule has 1 saturated heterocycles. The number of halogens is 1. The van der Waals surface area contributed by atoms with Crippen LogP contribution in [0.1, 0.15) is 32.3 Å². The number of aliphatic hydroxyl groups excluding tert-OH is 1. The molecule has 3 aromatic rings. The van der Waals surface area contributed by atoms with Crippen molar-refractivity contribution in [2.24, 2.45) is 0 Å². The number of anilines is 2. The Bertz CT molecular complexity index is 1180. The van der Waals surface area contributed by atoms with E-state index in [0.29, 0.717) is 31.7 Å². The maximum atomic E-state index is 13.6. The van der Waals surface area contributed by atoms with Gasteiger partial charge in [0.05, 0.1) is 32.5 Å². The molecule has 10 nitrogen and oxygen atoms in total. The fraction of sp³-hybridized carbons (Fsp3) is 0.464. The number of nitrogens with zero attached hydrogens (tertiary/aromatic N) is 4. The molecule has 0 saturated carbocycles. The van der Waals surface area contributed by atoms with Crippen LogP contribution in [-0.4, -0.2) is 77.6 Å². The summed E-state index contributed by atoms with van der Waals surface area (Å²) in [7, 11) is 1.51. The molecule has 210 valence electrons. The second-order valence-corrected chi connectivity index (χ2v) is 9.15. The van der Waals surface area contributed by atoms with Crippen LogP contribution >= 0.6 is 0 Å². The summed E-state index contributed by atoms with van der Waals surface area (Å²) in [6.45, 7) is 7.78. The molecule has 0 atom stereocenters. The van der Waals surface area contributed by atoms with Gasteiger partial charge in [0, 0.05) is 32.2 Å². The molecule has 2 aromatic carbocycles. The van der Waals surface area contributed by atoms with Gasteiger partial charge in [-0.15, -0.1) is 0 Å². The Kier molecular flexibility index (Phi) is 10.1. The first-order valence-corrected chi connectivity index (χ1v) is 13.3. The molecule has 0 bridgehead atoms. The molecular formula is C28H37FN6O4. The highest BCUT2D eigenvalue weighted by Crippen LogP contribution is 2.40. The number of aliphatic hydroxyl groups is 1. The van der Waals surface area contributed by atoms with E-state index in [9.17, 15) is 4.39 Å². The standard InChI is InChI=1S/C28H37FN6O4/c1-4-38-23-16-19(17-24(39-5-2)25(23)20-6-8-21(29)9-7-20)18-35-13-10-22(11-14-35)31-27-32-26(30-12-15-36)33-28(34-27)37-3/h6-9,16-17,22,36H,4-5,10-15,18H2,1-3H3,(H2,30,31,32,33,34). The summed E-state index contributed by atoms with van der Waals surface area (Å²) in [4.78, 5) is 15.3. The Labute approximate surface area is 228 Å². The summed E-state index contributed by atoms with van der Waals surface area (Å²) in [6, 6.07) is 10.9. The molecule has 1 aliphatic heterocycles. The van der Waals surface area contributed by atoms with Gasteiger partial charge >= 0.3 is 6.01 Å². The number of likely N-dealkylation sites (tertiary alicyclic amines) is 1. The Hall–Kier alpha value is -3.70. The second kappa shape index (κ2) is 13.9. The fourth-order valence-electron chi connectivity index (χ4n) is 4.61. The van der Waals surface area contributed by atoms with E-state index in [1.165, 1.54) is 19.2 Å². The van der Waals surface area contributed by atoms with Gasteiger partial charge in [0.2, 0.25) is 11.9 Å². The van der Waals surface area contributed by atoms with Crippen LogP contribution in [0, 0.1) is 5.82 Å². The Balaban J connectivity index is 1.44. The van der Waals surface area contributed by atoms with Crippen molar-refractivity contribution in [3.8, 4) is 28.6 Å². The van der Waals surface area contributed by atoms with Crippen molar-refractivity contribution in [1.29, 1.82) is 0 Å². The zero-order valence-corrected chi connectivity index (χ0v) is 22.7. The van der Waals surface area contributed by atoms with Crippen molar-refractivity contribution >= 4 is 11.9 Å². The highest BCUT2D eigenvalue weighted by molar-refractivity contribution is 5.77. The number of hydrogen-bond donors (Lipinski definition) is 3. The van der Waals surface area contributed by atoms with Crippen molar-refractivity contribution < 1.29 is 23.7 Å². The minimum atomic E-state index is -0.280. The topological polar surface area (TPSA) is 114 Å². The normalized spacial score (nSPS) is 14.2. The lowest BCUT2D eigenvalue weighted by Gasteiger charge is -2.32. The zero-order valence-electron chi connectivity index (χ0n) is 22.7. The lowest BCUT2D eigenvalue weighted by atomic mass is 9.99. The van der Waals surface area contributed by atoms with E-state index in [4.69, 9.17) is 19.3 Å². The molecule has 1 aromatic heterocycles. The van der Waals surface area contributed by atoms with Gasteiger partial charge in [0.15, 0.2) is 0 Å². The van der Waals surface area contributed by atoms with Crippen LogP contribution in [0.3, 0.4) is 0 Å². The van der Waals surface area contributed by atoms with Gasteiger partial charge in [0.25, 0.3) is 0 Å². The third-order valence-electron chi connectivity index (χ3n) is 6.38. The molecule has 0 spiro atoms. The third kappa shape index (κ3) is 7.67. The van der Waals surface area contributed by atoms with E-state index in [1.54, 1.807) is 12.1 Å². The first kappa shape index (κ1) is 28.3. The van der Waals surface area contributed by atoms with Crippen LogP contribution in [0.5, 0.6) is 17.5 Å². The van der Waals surface area contributed by atoms with Crippen molar-refractivity contribution in [3.05, 3.63) is 47.8 Å². The number of rotatable bonds is 13.